The van der Waals surface area contributed by atoms with Gasteiger partial charge in [0.1, 0.15) is 0 Å². The number of benzene rings is 1. The number of nitrogens with zero attached hydrogens (tertiary/aromatic N) is 3. The largest absolute Gasteiger partial charge is 0.307 e. The number of carbonyl (C=O) groups excluding carboxylic acids is 1. The van der Waals surface area contributed by atoms with E-state index in [9.17, 15) is 4.79 Å². The predicted molar refractivity (Wildman–Crippen MR) is 75.1 cm³/mol. The smallest absolute Gasteiger partial charge is 0.227 e. The third-order valence-electron chi connectivity index (χ3n) is 3.45. The molecule has 2 aromatic rings. The Labute approximate surface area is 116 Å². The summed E-state index contributed by atoms with van der Waals surface area (Å²) < 4.78 is 1.83. The maximum Gasteiger partial charge on any atom is 0.227 e. The minimum atomic E-state index is 0.109. The quantitative estimate of drug-likeness (QED) is 0.802. The number of hydrogen-bond donors (Lipinski definition) is 0. The number of anilines is 1. The van der Waals surface area contributed by atoms with Crippen molar-refractivity contribution >= 4 is 23.2 Å². The molecule has 0 fully saturated rings. The fourth-order valence-electron chi connectivity index (χ4n) is 2.55. The predicted octanol–water partition coefficient (Wildman–Crippen LogP) is 3.00. The summed E-state index contributed by atoms with van der Waals surface area (Å²) in [5.41, 5.74) is 3.97. The number of aryl methyl sites for hydroxylation is 1. The summed E-state index contributed by atoms with van der Waals surface area (Å²) in [6.07, 6.45) is 2.30. The van der Waals surface area contributed by atoms with Crippen LogP contribution in [0.5, 0.6) is 0 Å². The summed E-state index contributed by atoms with van der Waals surface area (Å²) in [4.78, 5) is 13.9. The van der Waals surface area contributed by atoms with E-state index < -0.39 is 0 Å². The molecule has 4 nitrogen and oxygen atoms in total. The van der Waals surface area contributed by atoms with Gasteiger partial charge in [-0.05, 0) is 18.2 Å². The van der Waals surface area contributed by atoms with Crippen molar-refractivity contribution in [3.8, 4) is 11.3 Å². The van der Waals surface area contributed by atoms with E-state index in [0.717, 1.165) is 22.5 Å². The van der Waals surface area contributed by atoms with Gasteiger partial charge in [-0.15, -0.1) is 0 Å². The third-order valence-corrected chi connectivity index (χ3v) is 3.69. The molecule has 1 aliphatic heterocycles. The first-order valence-corrected chi connectivity index (χ1v) is 6.60. The van der Waals surface area contributed by atoms with Crippen LogP contribution in [0.15, 0.2) is 24.4 Å². The molecule has 0 spiro atoms. The zero-order valence-corrected chi connectivity index (χ0v) is 11.6. The van der Waals surface area contributed by atoms with Crippen molar-refractivity contribution in [2.24, 2.45) is 7.05 Å². The van der Waals surface area contributed by atoms with E-state index in [1.165, 1.54) is 0 Å². The lowest BCUT2D eigenvalue weighted by atomic mass is 9.99. The summed E-state index contributed by atoms with van der Waals surface area (Å²) in [6.45, 7) is 2.45. The molecule has 0 aliphatic carbocycles. The van der Waals surface area contributed by atoms with Crippen LogP contribution in [0.2, 0.25) is 5.02 Å². The fourth-order valence-corrected chi connectivity index (χ4v) is 2.72. The number of hydrogen-bond acceptors (Lipinski definition) is 2. The van der Waals surface area contributed by atoms with Crippen molar-refractivity contribution in [2.75, 3.05) is 4.90 Å². The minimum absolute atomic E-state index is 0.109. The van der Waals surface area contributed by atoms with Gasteiger partial charge in [-0.25, -0.2) is 0 Å². The second kappa shape index (κ2) is 4.38. The van der Waals surface area contributed by atoms with E-state index in [-0.39, 0.29) is 5.91 Å². The second-order valence-electron chi connectivity index (χ2n) is 4.64. The number of halogens is 1. The van der Waals surface area contributed by atoms with Gasteiger partial charge in [-0.2, -0.15) is 5.10 Å². The van der Waals surface area contributed by atoms with Gasteiger partial charge < -0.3 is 4.90 Å². The zero-order valence-electron chi connectivity index (χ0n) is 10.9. The molecule has 0 atom stereocenters. The Kier molecular flexibility index (Phi) is 2.82. The van der Waals surface area contributed by atoms with E-state index in [1.807, 2.05) is 43.0 Å². The molecule has 1 aromatic carbocycles. The van der Waals surface area contributed by atoms with Gasteiger partial charge >= 0.3 is 0 Å². The normalized spacial score (nSPS) is 13.1. The highest BCUT2D eigenvalue weighted by Crippen LogP contribution is 2.40. The van der Waals surface area contributed by atoms with Crippen LogP contribution in [0.1, 0.15) is 18.9 Å². The van der Waals surface area contributed by atoms with Gasteiger partial charge in [0.05, 0.1) is 24.1 Å². The topological polar surface area (TPSA) is 38.1 Å². The molecule has 0 saturated heterocycles. The Morgan fingerprint density at radius 2 is 2.26 bits per heavy atom. The van der Waals surface area contributed by atoms with Crippen LogP contribution in [0.4, 0.5) is 5.69 Å². The molecule has 1 aromatic heterocycles. The van der Waals surface area contributed by atoms with Crippen LogP contribution in [0, 0.1) is 0 Å². The maximum absolute atomic E-state index is 12.1. The highest BCUT2D eigenvalue weighted by atomic mass is 35.5. The molecule has 5 heteroatoms. The average molecular weight is 276 g/mol. The van der Waals surface area contributed by atoms with Crippen molar-refractivity contribution in [3.05, 3.63) is 35.0 Å². The zero-order chi connectivity index (χ0) is 13.6. The molecular formula is C14H14ClN3O. The molecule has 0 saturated carbocycles. The monoisotopic (exact) mass is 275 g/mol. The maximum atomic E-state index is 12.1. The van der Waals surface area contributed by atoms with E-state index in [4.69, 9.17) is 11.6 Å². The SMILES string of the molecule is CCC(=O)N1Cc2cnn(C)c2-c2cc(Cl)ccc21. The van der Waals surface area contributed by atoms with Crippen LogP contribution in [0.25, 0.3) is 11.3 Å². The van der Waals surface area contributed by atoms with E-state index in [2.05, 4.69) is 5.10 Å². The Balaban J connectivity index is 2.24. The number of fused-ring (bicyclic) bond motifs is 3. The van der Waals surface area contributed by atoms with Crippen molar-refractivity contribution in [1.82, 2.24) is 9.78 Å². The van der Waals surface area contributed by atoms with Crippen LogP contribution in [0.3, 0.4) is 0 Å². The summed E-state index contributed by atoms with van der Waals surface area (Å²) >= 11 is 6.09. The number of carbonyl (C=O) groups is 1. The average Bonchev–Trinajstić information content (AvgIpc) is 2.78. The second-order valence-corrected chi connectivity index (χ2v) is 5.07. The van der Waals surface area contributed by atoms with Crippen LogP contribution >= 0.6 is 11.6 Å². The first-order chi connectivity index (χ1) is 9.11. The van der Waals surface area contributed by atoms with E-state index in [1.54, 1.807) is 4.90 Å². The first kappa shape index (κ1) is 12.2. The number of amides is 1. The molecule has 3 rings (SSSR count). The molecule has 2 heterocycles. The third kappa shape index (κ3) is 1.83. The molecule has 1 aliphatic rings. The van der Waals surface area contributed by atoms with Crippen molar-refractivity contribution in [1.29, 1.82) is 0 Å². The molecule has 0 bridgehead atoms. The van der Waals surface area contributed by atoms with Gasteiger partial charge in [-0.3, -0.25) is 9.48 Å². The summed E-state index contributed by atoms with van der Waals surface area (Å²) in [5.74, 6) is 0.109. The molecule has 98 valence electrons. The number of rotatable bonds is 1. The lowest BCUT2D eigenvalue weighted by Crippen LogP contribution is -2.32. The molecule has 0 unspecified atom stereocenters. The van der Waals surface area contributed by atoms with E-state index in [0.29, 0.717) is 18.0 Å². The van der Waals surface area contributed by atoms with Crippen LogP contribution < -0.4 is 4.90 Å². The lowest BCUT2D eigenvalue weighted by Gasteiger charge is -2.29. The standard InChI is InChI=1S/C14H14ClN3O/c1-3-13(19)18-8-9-7-16-17(2)14(9)11-6-10(15)4-5-12(11)18/h4-7H,3,8H2,1-2H3. The van der Waals surface area contributed by atoms with E-state index >= 15 is 0 Å². The molecule has 0 radical (unpaired) electrons. The minimum Gasteiger partial charge on any atom is -0.307 e. The highest BCUT2D eigenvalue weighted by Gasteiger charge is 2.28. The Morgan fingerprint density at radius 1 is 1.47 bits per heavy atom. The van der Waals surface area contributed by atoms with Gasteiger partial charge in [0, 0.05) is 29.6 Å². The van der Waals surface area contributed by atoms with Crippen LogP contribution in [-0.2, 0) is 18.4 Å². The van der Waals surface area contributed by atoms with Gasteiger partial charge in [0.25, 0.3) is 0 Å². The Bertz CT molecular complexity index is 663. The summed E-state index contributed by atoms with van der Waals surface area (Å²) in [7, 11) is 1.90. The fraction of sp³-hybridized carbons (Fsp3) is 0.286. The number of aromatic nitrogens is 2. The molecular weight excluding hydrogens is 262 g/mol. The Hall–Kier alpha value is -1.81. The van der Waals surface area contributed by atoms with Crippen molar-refractivity contribution < 1.29 is 4.79 Å². The summed E-state index contributed by atoms with van der Waals surface area (Å²) in [5, 5.41) is 4.95. The van der Waals surface area contributed by atoms with Gasteiger partial charge in [0.2, 0.25) is 5.91 Å². The van der Waals surface area contributed by atoms with Crippen LogP contribution in [-0.4, -0.2) is 15.7 Å². The van der Waals surface area contributed by atoms with Gasteiger partial charge in [0.15, 0.2) is 0 Å². The highest BCUT2D eigenvalue weighted by molar-refractivity contribution is 6.31. The van der Waals surface area contributed by atoms with Crippen molar-refractivity contribution in [2.45, 2.75) is 19.9 Å². The van der Waals surface area contributed by atoms with Crippen molar-refractivity contribution in [3.63, 3.8) is 0 Å². The van der Waals surface area contributed by atoms with Gasteiger partial charge in [-0.1, -0.05) is 18.5 Å². The molecule has 0 N–H and O–H groups in total. The summed E-state index contributed by atoms with van der Waals surface area (Å²) in [6, 6.07) is 5.62. The molecule has 1 amide bonds. The first-order valence-electron chi connectivity index (χ1n) is 6.23. The molecule has 19 heavy (non-hydrogen) atoms. The lowest BCUT2D eigenvalue weighted by molar-refractivity contribution is -0.118. The Morgan fingerprint density at radius 3 is 3.00 bits per heavy atom.